The first kappa shape index (κ1) is 32.7. The number of hydrogen-bond acceptors (Lipinski definition) is 3. The van der Waals surface area contributed by atoms with Gasteiger partial charge in [0.2, 0.25) is 0 Å². The lowest BCUT2D eigenvalue weighted by Gasteiger charge is -2.35. The highest BCUT2D eigenvalue weighted by Crippen LogP contribution is 2.60. The fourth-order valence-corrected chi connectivity index (χ4v) is 11.2. The molecule has 0 spiro atoms. The van der Waals surface area contributed by atoms with Gasteiger partial charge in [-0.25, -0.2) is 0 Å². The number of anilines is 6. The average Bonchev–Trinajstić information content (AvgIpc) is 3.92. The van der Waals surface area contributed by atoms with E-state index in [2.05, 4.69) is 180 Å². The summed E-state index contributed by atoms with van der Waals surface area (Å²) < 4.78 is 49.1. The number of benzene rings is 10. The number of hydrogen-bond donors (Lipinski definition) is 0. The minimum absolute atomic E-state index is 0.219. The summed E-state index contributed by atoms with van der Waals surface area (Å²) in [5.41, 5.74) is 11.1. The second-order valence-corrected chi connectivity index (χ2v) is 17.1. The zero-order chi connectivity index (χ0) is 46.8. The van der Waals surface area contributed by atoms with Crippen LogP contribution in [0.25, 0.3) is 42.4 Å². The highest BCUT2D eigenvalue weighted by molar-refractivity contribution is 7.26. The molecule has 1 aliphatic carbocycles. The van der Waals surface area contributed by atoms with Crippen LogP contribution in [0.4, 0.5) is 34.1 Å². The van der Waals surface area contributed by atoms with E-state index in [-0.39, 0.29) is 29.7 Å². The van der Waals surface area contributed by atoms with Crippen molar-refractivity contribution in [1.29, 1.82) is 0 Å². The van der Waals surface area contributed by atoms with Crippen molar-refractivity contribution in [1.82, 2.24) is 0 Å². The molecule has 1 aliphatic rings. The Kier molecular flexibility index (Phi) is 8.04. The van der Waals surface area contributed by atoms with Gasteiger partial charge in [0.1, 0.15) is 0 Å². The Morgan fingerprint density at radius 1 is 0.375 bits per heavy atom. The molecule has 1 aromatic heterocycles. The third-order valence-electron chi connectivity index (χ3n) is 12.6. The highest BCUT2D eigenvalue weighted by Gasteiger charge is 2.48. The molecule has 0 aliphatic heterocycles. The van der Waals surface area contributed by atoms with Crippen LogP contribution in [0.3, 0.4) is 0 Å². The normalized spacial score (nSPS) is 15.1. The lowest BCUT2D eigenvalue weighted by Crippen LogP contribution is -2.28. The minimum Gasteiger partial charge on any atom is -0.310 e. The van der Waals surface area contributed by atoms with Gasteiger partial charge in [0, 0.05) is 54.2 Å². The smallest absolute Gasteiger partial charge is 0.0727 e. The summed E-state index contributed by atoms with van der Waals surface area (Å²) in [5, 5.41) is 2.16. The Labute approximate surface area is 385 Å². The Balaban J connectivity index is 1.22. The summed E-state index contributed by atoms with van der Waals surface area (Å²) in [7, 11) is 0. The summed E-state index contributed by atoms with van der Waals surface area (Å²) in [6, 6.07) is 75.9. The molecule has 64 heavy (non-hydrogen) atoms. The molecule has 3 heteroatoms. The predicted molar refractivity (Wildman–Crippen MR) is 271 cm³/mol. The van der Waals surface area contributed by atoms with Crippen LogP contribution in [0.5, 0.6) is 0 Å². The average molecular weight is 840 g/mol. The Hall–Kier alpha value is -7.98. The van der Waals surface area contributed by atoms with E-state index >= 15 is 0 Å². The molecule has 11 aromatic rings. The molecular weight excluding hydrogens is 793 g/mol. The summed E-state index contributed by atoms with van der Waals surface area (Å²) in [6.45, 7) is 0. The monoisotopic (exact) mass is 839 g/mol. The fraction of sp³-hybridized carbons (Fsp3) is 0.0164. The van der Waals surface area contributed by atoms with Gasteiger partial charge in [-0.15, -0.1) is 11.3 Å². The summed E-state index contributed by atoms with van der Waals surface area (Å²) in [4.78, 5) is 4.54. The lowest BCUT2D eigenvalue weighted by molar-refractivity contribution is 0.778. The van der Waals surface area contributed by atoms with Crippen LogP contribution < -0.4 is 9.80 Å². The molecule has 0 saturated heterocycles. The van der Waals surface area contributed by atoms with E-state index in [1.807, 2.05) is 54.6 Å². The van der Waals surface area contributed by atoms with E-state index in [0.29, 0.717) is 0 Å². The predicted octanol–water partition coefficient (Wildman–Crippen LogP) is 17.0. The van der Waals surface area contributed by atoms with Crippen molar-refractivity contribution in [3.63, 3.8) is 0 Å². The molecule has 0 saturated carbocycles. The molecule has 10 aromatic carbocycles. The molecule has 1 unspecified atom stereocenters. The second-order valence-electron chi connectivity index (χ2n) is 16.1. The van der Waals surface area contributed by atoms with Crippen molar-refractivity contribution in [3.8, 4) is 22.3 Å². The third kappa shape index (κ3) is 6.08. The Morgan fingerprint density at radius 2 is 0.891 bits per heavy atom. The van der Waals surface area contributed by atoms with Gasteiger partial charge in [0.15, 0.2) is 0 Å². The number of para-hydroxylation sites is 4. The molecule has 0 amide bonds. The molecule has 1 heterocycles. The first-order valence-electron chi connectivity index (χ1n) is 24.0. The van der Waals surface area contributed by atoms with Crippen LogP contribution in [0, 0.1) is 0 Å². The topological polar surface area (TPSA) is 6.48 Å². The molecule has 0 fully saturated rings. The van der Waals surface area contributed by atoms with Crippen molar-refractivity contribution >= 4 is 65.6 Å². The first-order valence-corrected chi connectivity index (χ1v) is 22.3. The summed E-state index contributed by atoms with van der Waals surface area (Å²) in [6.07, 6.45) is 0. The second kappa shape index (κ2) is 15.7. The molecule has 12 rings (SSSR count). The lowest BCUT2D eigenvalue weighted by atomic mass is 9.67. The quantitative estimate of drug-likeness (QED) is 0.143. The van der Waals surface area contributed by atoms with Gasteiger partial charge in [-0.05, 0) is 112 Å². The fourth-order valence-electron chi connectivity index (χ4n) is 9.90. The van der Waals surface area contributed by atoms with Gasteiger partial charge in [0.25, 0.3) is 0 Å². The number of rotatable bonds is 9. The van der Waals surface area contributed by atoms with Crippen LogP contribution in [-0.2, 0) is 5.41 Å². The van der Waals surface area contributed by atoms with Crippen LogP contribution in [0.1, 0.15) is 29.1 Å². The van der Waals surface area contributed by atoms with Crippen molar-refractivity contribution in [3.05, 3.63) is 277 Å². The van der Waals surface area contributed by atoms with Gasteiger partial charge in [-0.2, -0.15) is 0 Å². The van der Waals surface area contributed by atoms with Crippen molar-refractivity contribution in [2.24, 2.45) is 0 Å². The third-order valence-corrected chi connectivity index (χ3v) is 13.8. The van der Waals surface area contributed by atoms with Crippen molar-refractivity contribution in [2.45, 2.75) is 5.41 Å². The highest BCUT2D eigenvalue weighted by atomic mass is 32.1. The molecule has 0 N–H and O–H groups in total. The maximum Gasteiger partial charge on any atom is 0.0727 e. The molecule has 0 bridgehead atoms. The van der Waals surface area contributed by atoms with Gasteiger partial charge < -0.3 is 9.80 Å². The van der Waals surface area contributed by atoms with Crippen molar-refractivity contribution < 1.29 is 6.85 Å². The van der Waals surface area contributed by atoms with Gasteiger partial charge >= 0.3 is 0 Å². The van der Waals surface area contributed by atoms with Crippen LogP contribution in [-0.4, -0.2) is 0 Å². The SMILES string of the molecule is [2H]c1c([2H])c([2H])c(C2(c3cccc4c3sc3ccccc34)c3ccc(N(c4ccccc4)c4ccccc4)cc3-c3cc(N(c4ccccc4)c4ccccc4-c4ccccc4)ccc32)c([2H])c1[2H]. The molecule has 2 nitrogen and oxygen atoms in total. The summed E-state index contributed by atoms with van der Waals surface area (Å²) in [5.74, 6) is 0. The van der Waals surface area contributed by atoms with Gasteiger partial charge in [-0.3, -0.25) is 0 Å². The maximum atomic E-state index is 9.86. The van der Waals surface area contributed by atoms with E-state index in [9.17, 15) is 5.48 Å². The van der Waals surface area contributed by atoms with E-state index in [1.165, 1.54) is 0 Å². The van der Waals surface area contributed by atoms with Crippen LogP contribution in [0.2, 0.25) is 0 Å². The van der Waals surface area contributed by atoms with Crippen LogP contribution in [0.15, 0.2) is 255 Å². The van der Waals surface area contributed by atoms with E-state index in [1.54, 1.807) is 11.3 Å². The largest absolute Gasteiger partial charge is 0.310 e. The minimum atomic E-state index is -1.36. The molecule has 0 radical (unpaired) electrons. The maximum absolute atomic E-state index is 9.86. The summed E-state index contributed by atoms with van der Waals surface area (Å²) >= 11 is 1.68. The molecular formula is C61H42N2S. The molecule has 1 atom stereocenters. The van der Waals surface area contributed by atoms with E-state index in [4.69, 9.17) is 1.37 Å². The van der Waals surface area contributed by atoms with Gasteiger partial charge in [-0.1, -0.05) is 182 Å². The number of thiophene rings is 1. The van der Waals surface area contributed by atoms with Gasteiger partial charge in [0.05, 0.1) is 18.0 Å². The molecule has 302 valence electrons. The Morgan fingerprint density at radius 3 is 1.53 bits per heavy atom. The standard InChI is InChI=1S/C61H42N2S/c1-6-21-43(22-7-1)50-31-16-18-35-58(50)63(47-29-14-5-15-30-47)49-38-40-56-54(42-49)53-41-48(62(45-25-10-3-11-26-45)46-27-12-4-13-28-46)37-39-55(53)61(56,44-23-8-2-9-24-44)57-34-20-33-52-51-32-17-19-36-59(51)64-60(52)57/h1-42H/i2D,8D,9D,23D,24D. The van der Waals surface area contributed by atoms with Crippen LogP contribution >= 0.6 is 11.3 Å². The van der Waals surface area contributed by atoms with E-state index < -0.39 is 11.5 Å². The number of nitrogens with zero attached hydrogens (tertiary/aromatic N) is 2. The first-order chi connectivity index (χ1) is 33.8. The zero-order valence-electron chi connectivity index (χ0n) is 39.7. The van der Waals surface area contributed by atoms with E-state index in [0.717, 1.165) is 93.2 Å². The number of fused-ring (bicyclic) bond motifs is 6. The Bertz CT molecular complexity index is 3680. The zero-order valence-corrected chi connectivity index (χ0v) is 35.5. The van der Waals surface area contributed by atoms with Crippen molar-refractivity contribution in [2.75, 3.05) is 9.80 Å².